The predicted octanol–water partition coefficient (Wildman–Crippen LogP) is 3.14. The van der Waals surface area contributed by atoms with Crippen LogP contribution in [0.3, 0.4) is 0 Å². The number of hydrogen-bond acceptors (Lipinski definition) is 3. The fourth-order valence-corrected chi connectivity index (χ4v) is 4.29. The highest BCUT2D eigenvalue weighted by atomic mass is 32.2. The van der Waals surface area contributed by atoms with E-state index in [9.17, 15) is 8.42 Å². The molecule has 1 aromatic carbocycles. The van der Waals surface area contributed by atoms with E-state index in [1.54, 1.807) is 0 Å². The monoisotopic (exact) mass is 310 g/mol. The highest BCUT2D eigenvalue weighted by Gasteiger charge is 2.55. The van der Waals surface area contributed by atoms with Gasteiger partial charge in [-0.1, -0.05) is 20.8 Å². The molecule has 2 fully saturated rings. The summed E-state index contributed by atoms with van der Waals surface area (Å²) in [6.07, 6.45) is 5.99. The zero-order chi connectivity index (χ0) is 15.9. The quantitative estimate of drug-likeness (QED) is 0.781. The lowest BCUT2D eigenvalue weighted by Crippen LogP contribution is -2.26. The molecule has 2 aliphatic rings. The van der Waals surface area contributed by atoms with Crippen molar-refractivity contribution in [2.24, 2.45) is 21.9 Å². The van der Waals surface area contributed by atoms with Gasteiger partial charge in [0.25, 0.3) is 0 Å². The standard InChI is InChI=1S/C10H18.C6H8N2O2S/c1-9(2)8-4-6-10(9,3)7-5-8;7-5-1-3-6(4-2-5)11(8,9)10/h8H,4-7H2,1-3H3;1-4H,7H2,(H2,8,9,10). The van der Waals surface area contributed by atoms with Gasteiger partial charge in [-0.25, -0.2) is 13.6 Å². The first kappa shape index (κ1) is 16.3. The fraction of sp³-hybridized carbons (Fsp3) is 0.625. The van der Waals surface area contributed by atoms with Crippen LogP contribution in [-0.4, -0.2) is 8.42 Å². The maximum absolute atomic E-state index is 10.7. The van der Waals surface area contributed by atoms with Crippen molar-refractivity contribution in [3.8, 4) is 0 Å². The topological polar surface area (TPSA) is 86.2 Å². The number of hydrogen-bond donors (Lipinski definition) is 2. The number of rotatable bonds is 1. The van der Waals surface area contributed by atoms with E-state index in [1.807, 2.05) is 0 Å². The molecule has 4 nitrogen and oxygen atoms in total. The van der Waals surface area contributed by atoms with Crippen molar-refractivity contribution < 1.29 is 8.42 Å². The molecule has 0 heterocycles. The minimum Gasteiger partial charge on any atom is -0.399 e. The maximum Gasteiger partial charge on any atom is 0.238 e. The Labute approximate surface area is 128 Å². The number of nitrogen functional groups attached to an aromatic ring is 1. The van der Waals surface area contributed by atoms with Crippen molar-refractivity contribution in [2.45, 2.75) is 51.3 Å². The lowest BCUT2D eigenvalue weighted by molar-refractivity contribution is 0.152. The highest BCUT2D eigenvalue weighted by molar-refractivity contribution is 7.89. The fourth-order valence-electron chi connectivity index (χ4n) is 3.77. The molecule has 5 heteroatoms. The van der Waals surface area contributed by atoms with Gasteiger partial charge in [0.2, 0.25) is 10.0 Å². The van der Waals surface area contributed by atoms with Crippen LogP contribution in [0.15, 0.2) is 29.2 Å². The number of primary sulfonamides is 1. The van der Waals surface area contributed by atoms with Crippen LogP contribution in [0.4, 0.5) is 5.69 Å². The lowest BCUT2D eigenvalue weighted by Gasteiger charge is -2.34. The highest BCUT2D eigenvalue weighted by Crippen LogP contribution is 2.65. The summed E-state index contributed by atoms with van der Waals surface area (Å²) in [5, 5.41) is 4.84. The molecule has 0 spiro atoms. The molecule has 2 aliphatic carbocycles. The number of fused-ring (bicyclic) bond motifs is 2. The number of anilines is 1. The Morgan fingerprint density at radius 1 is 1.05 bits per heavy atom. The number of nitrogens with two attached hydrogens (primary N) is 2. The minimum atomic E-state index is -3.58. The van der Waals surface area contributed by atoms with Crippen molar-refractivity contribution in [1.29, 1.82) is 0 Å². The summed E-state index contributed by atoms with van der Waals surface area (Å²) in [5.74, 6) is 1.05. The number of sulfonamides is 1. The Morgan fingerprint density at radius 3 is 1.76 bits per heavy atom. The third kappa shape index (κ3) is 3.09. The van der Waals surface area contributed by atoms with E-state index in [0.29, 0.717) is 16.5 Å². The Balaban J connectivity index is 0.000000154. The van der Waals surface area contributed by atoms with Gasteiger partial charge in [0, 0.05) is 5.69 Å². The van der Waals surface area contributed by atoms with E-state index in [2.05, 4.69) is 20.8 Å². The Morgan fingerprint density at radius 2 is 1.52 bits per heavy atom. The molecule has 0 atom stereocenters. The van der Waals surface area contributed by atoms with E-state index in [4.69, 9.17) is 10.9 Å². The van der Waals surface area contributed by atoms with E-state index in [1.165, 1.54) is 49.9 Å². The van der Waals surface area contributed by atoms with Crippen molar-refractivity contribution in [3.63, 3.8) is 0 Å². The molecule has 2 bridgehead atoms. The van der Waals surface area contributed by atoms with Gasteiger partial charge in [0.15, 0.2) is 0 Å². The van der Waals surface area contributed by atoms with Gasteiger partial charge < -0.3 is 5.73 Å². The summed E-state index contributed by atoms with van der Waals surface area (Å²) < 4.78 is 21.4. The molecular weight excluding hydrogens is 284 g/mol. The van der Waals surface area contributed by atoms with Crippen LogP contribution in [0, 0.1) is 16.7 Å². The van der Waals surface area contributed by atoms with Crippen molar-refractivity contribution >= 4 is 15.7 Å². The molecular formula is C16H26N2O2S. The van der Waals surface area contributed by atoms with E-state index in [0.717, 1.165) is 5.92 Å². The number of benzene rings is 1. The second-order valence-electron chi connectivity index (χ2n) is 7.17. The van der Waals surface area contributed by atoms with Crippen LogP contribution >= 0.6 is 0 Å². The van der Waals surface area contributed by atoms with Gasteiger partial charge in [-0.3, -0.25) is 0 Å². The first-order valence-electron chi connectivity index (χ1n) is 7.45. The Kier molecular flexibility index (Phi) is 4.10. The molecule has 2 saturated carbocycles. The van der Waals surface area contributed by atoms with Crippen LogP contribution in [0.25, 0.3) is 0 Å². The first-order chi connectivity index (χ1) is 9.56. The summed E-state index contributed by atoms with van der Waals surface area (Å²) in [7, 11) is -3.58. The smallest absolute Gasteiger partial charge is 0.238 e. The van der Waals surface area contributed by atoms with Crippen LogP contribution < -0.4 is 10.9 Å². The van der Waals surface area contributed by atoms with Gasteiger partial charge in [-0.05, 0) is 66.7 Å². The van der Waals surface area contributed by atoms with Crippen molar-refractivity contribution in [2.75, 3.05) is 5.73 Å². The largest absolute Gasteiger partial charge is 0.399 e. The summed E-state index contributed by atoms with van der Waals surface area (Å²) in [5.41, 5.74) is 7.21. The van der Waals surface area contributed by atoms with Crippen LogP contribution in [0.2, 0.25) is 0 Å². The molecule has 4 N–H and O–H groups in total. The molecule has 21 heavy (non-hydrogen) atoms. The van der Waals surface area contributed by atoms with Gasteiger partial charge in [0.05, 0.1) is 4.90 Å². The minimum absolute atomic E-state index is 0.0756. The van der Waals surface area contributed by atoms with Gasteiger partial charge in [0.1, 0.15) is 0 Å². The molecule has 0 unspecified atom stereocenters. The van der Waals surface area contributed by atoms with Crippen LogP contribution in [0.5, 0.6) is 0 Å². The van der Waals surface area contributed by atoms with E-state index < -0.39 is 10.0 Å². The summed E-state index contributed by atoms with van der Waals surface area (Å²) in [6, 6.07) is 5.70. The van der Waals surface area contributed by atoms with Gasteiger partial charge in [-0.15, -0.1) is 0 Å². The average molecular weight is 310 g/mol. The SMILES string of the molecule is CC12CCC(CC1)C2(C)C.Nc1ccc(S(N)(=O)=O)cc1. The molecule has 0 amide bonds. The molecule has 3 rings (SSSR count). The van der Waals surface area contributed by atoms with E-state index in [-0.39, 0.29) is 4.90 Å². The Hall–Kier alpha value is -1.07. The Bertz CT molecular complexity index is 595. The summed E-state index contributed by atoms with van der Waals surface area (Å²) in [6.45, 7) is 7.43. The predicted molar refractivity (Wildman–Crippen MR) is 86.1 cm³/mol. The van der Waals surface area contributed by atoms with Crippen molar-refractivity contribution in [1.82, 2.24) is 0 Å². The lowest BCUT2D eigenvalue weighted by atomic mass is 9.71. The molecule has 1 aromatic rings. The second kappa shape index (κ2) is 5.29. The zero-order valence-electron chi connectivity index (χ0n) is 13.1. The molecule has 0 aromatic heterocycles. The zero-order valence-corrected chi connectivity index (χ0v) is 13.9. The maximum atomic E-state index is 10.7. The third-order valence-electron chi connectivity index (χ3n) is 5.87. The molecule has 0 saturated heterocycles. The first-order valence-corrected chi connectivity index (χ1v) is 8.99. The van der Waals surface area contributed by atoms with Crippen LogP contribution in [0.1, 0.15) is 46.5 Å². The second-order valence-corrected chi connectivity index (χ2v) is 8.73. The van der Waals surface area contributed by atoms with Crippen molar-refractivity contribution in [3.05, 3.63) is 24.3 Å². The third-order valence-corrected chi connectivity index (χ3v) is 6.80. The summed E-state index contributed by atoms with van der Waals surface area (Å²) in [4.78, 5) is 0.0756. The normalized spacial score (nSPS) is 29.8. The van der Waals surface area contributed by atoms with E-state index >= 15 is 0 Å². The van der Waals surface area contributed by atoms with Gasteiger partial charge >= 0.3 is 0 Å². The van der Waals surface area contributed by atoms with Gasteiger partial charge in [-0.2, -0.15) is 0 Å². The molecule has 118 valence electrons. The average Bonchev–Trinajstić information content (AvgIpc) is 2.73. The molecule has 0 aliphatic heterocycles. The van der Waals surface area contributed by atoms with Crippen LogP contribution in [-0.2, 0) is 10.0 Å². The summed E-state index contributed by atoms with van der Waals surface area (Å²) >= 11 is 0. The molecule has 0 radical (unpaired) electrons.